The maximum atomic E-state index is 13.2. The van der Waals surface area contributed by atoms with E-state index in [0.29, 0.717) is 23.8 Å². The first kappa shape index (κ1) is 21.0. The third kappa shape index (κ3) is 3.78. The quantitative estimate of drug-likeness (QED) is 0.565. The Balaban J connectivity index is 1.93. The van der Waals surface area contributed by atoms with E-state index in [2.05, 4.69) is 14.8 Å². The van der Waals surface area contributed by atoms with Gasteiger partial charge in [-0.2, -0.15) is 13.5 Å². The van der Waals surface area contributed by atoms with Crippen molar-refractivity contribution in [3.63, 3.8) is 0 Å². The average Bonchev–Trinajstić information content (AvgIpc) is 3.30. The lowest BCUT2D eigenvalue weighted by molar-refractivity contribution is 0.444. The second-order valence-corrected chi connectivity index (χ2v) is 11.5. The SMILES string of the molecule is CC(C)CCn1nc(-c2cccs2)c(O)c(C2=NS(=O)(=O)c3sc(Cl)cc3N2)c1=O. The number of aromatic nitrogens is 2. The van der Waals surface area contributed by atoms with Crippen LogP contribution in [-0.2, 0) is 16.6 Å². The maximum absolute atomic E-state index is 13.2. The maximum Gasteiger partial charge on any atom is 0.295 e. The molecule has 0 saturated heterocycles. The van der Waals surface area contributed by atoms with Crippen LogP contribution in [0.25, 0.3) is 10.6 Å². The lowest BCUT2D eigenvalue weighted by Crippen LogP contribution is -2.34. The summed E-state index contributed by atoms with van der Waals surface area (Å²) in [7, 11) is -4.07. The Morgan fingerprint density at radius 2 is 2.13 bits per heavy atom. The van der Waals surface area contributed by atoms with E-state index in [0.717, 1.165) is 11.3 Å². The fourth-order valence-corrected chi connectivity index (χ4v) is 6.34. The minimum atomic E-state index is -4.07. The van der Waals surface area contributed by atoms with E-state index >= 15 is 0 Å². The zero-order valence-corrected chi connectivity index (χ0v) is 19.1. The Kier molecular flexibility index (Phi) is 5.47. The van der Waals surface area contributed by atoms with Crippen molar-refractivity contribution in [2.45, 2.75) is 31.0 Å². The lowest BCUT2D eigenvalue weighted by atomic mass is 10.1. The molecule has 1 aliphatic rings. The molecule has 0 aromatic carbocycles. The number of anilines is 1. The number of aromatic hydroxyl groups is 1. The fourth-order valence-electron chi connectivity index (χ4n) is 2.93. The molecule has 1 aliphatic heterocycles. The van der Waals surface area contributed by atoms with Crippen LogP contribution in [-0.4, -0.2) is 29.1 Å². The summed E-state index contributed by atoms with van der Waals surface area (Å²) >= 11 is 8.18. The summed E-state index contributed by atoms with van der Waals surface area (Å²) < 4.78 is 30.5. The number of hydrogen-bond acceptors (Lipinski definition) is 8. The van der Waals surface area contributed by atoms with Gasteiger partial charge >= 0.3 is 0 Å². The van der Waals surface area contributed by atoms with Gasteiger partial charge in [0.1, 0.15) is 11.3 Å². The van der Waals surface area contributed by atoms with Gasteiger partial charge in [0, 0.05) is 6.54 Å². The molecule has 0 bridgehead atoms. The van der Waals surface area contributed by atoms with Crippen molar-refractivity contribution in [2.75, 3.05) is 5.32 Å². The molecule has 4 heterocycles. The molecule has 0 radical (unpaired) electrons. The molecule has 0 spiro atoms. The van der Waals surface area contributed by atoms with Crippen LogP contribution >= 0.6 is 34.3 Å². The second-order valence-electron chi connectivity index (χ2n) is 7.05. The number of sulfonamides is 1. The van der Waals surface area contributed by atoms with E-state index in [1.54, 1.807) is 12.1 Å². The van der Waals surface area contributed by atoms with Crippen LogP contribution in [0.15, 0.2) is 37.0 Å². The molecule has 0 amide bonds. The Hall–Kier alpha value is -2.21. The van der Waals surface area contributed by atoms with E-state index in [9.17, 15) is 18.3 Å². The van der Waals surface area contributed by atoms with Gasteiger partial charge in [-0.05, 0) is 29.9 Å². The summed E-state index contributed by atoms with van der Waals surface area (Å²) in [5.74, 6) is -0.352. The van der Waals surface area contributed by atoms with Crippen molar-refractivity contribution in [3.8, 4) is 16.3 Å². The Morgan fingerprint density at radius 3 is 2.80 bits per heavy atom. The highest BCUT2D eigenvalue weighted by Crippen LogP contribution is 2.40. The molecule has 2 N–H and O–H groups in total. The number of halogens is 1. The molecule has 0 atom stereocenters. The normalized spacial score (nSPS) is 15.0. The van der Waals surface area contributed by atoms with Gasteiger partial charge in [0.05, 0.1) is 14.9 Å². The van der Waals surface area contributed by atoms with Gasteiger partial charge in [-0.3, -0.25) is 4.79 Å². The molecule has 30 heavy (non-hydrogen) atoms. The average molecular weight is 485 g/mol. The van der Waals surface area contributed by atoms with Gasteiger partial charge in [0.25, 0.3) is 15.6 Å². The number of fused-ring (bicyclic) bond motifs is 1. The minimum Gasteiger partial charge on any atom is -0.505 e. The lowest BCUT2D eigenvalue weighted by Gasteiger charge is -2.18. The van der Waals surface area contributed by atoms with Crippen molar-refractivity contribution < 1.29 is 13.5 Å². The third-order valence-electron chi connectivity index (χ3n) is 4.41. The summed E-state index contributed by atoms with van der Waals surface area (Å²) in [4.78, 5) is 13.8. The van der Waals surface area contributed by atoms with Gasteiger partial charge in [0.2, 0.25) is 0 Å². The molecule has 4 rings (SSSR count). The summed E-state index contributed by atoms with van der Waals surface area (Å²) in [6.45, 7) is 4.36. The first-order valence-electron chi connectivity index (χ1n) is 8.97. The first-order valence-corrected chi connectivity index (χ1v) is 12.5. The fraction of sp³-hybridized carbons (Fsp3) is 0.278. The van der Waals surface area contributed by atoms with Crippen LogP contribution in [0.5, 0.6) is 5.75 Å². The van der Waals surface area contributed by atoms with E-state index in [1.165, 1.54) is 22.1 Å². The van der Waals surface area contributed by atoms with Crippen LogP contribution in [0, 0.1) is 5.92 Å². The topological polar surface area (TPSA) is 114 Å². The molecular formula is C18H17ClN4O4S3. The number of nitrogens with zero attached hydrogens (tertiary/aromatic N) is 3. The number of hydrogen-bond donors (Lipinski definition) is 2. The molecule has 12 heteroatoms. The summed E-state index contributed by atoms with van der Waals surface area (Å²) in [5, 5.41) is 19.9. The van der Waals surface area contributed by atoms with Crippen molar-refractivity contribution in [1.29, 1.82) is 0 Å². The molecule has 0 fully saturated rings. The molecule has 0 aliphatic carbocycles. The highest BCUT2D eigenvalue weighted by molar-refractivity contribution is 7.92. The standard InChI is InChI=1S/C18H17ClN4O4S3/c1-9(2)5-6-23-17(25)13(15(24)14(21-23)11-4-3-7-28-11)16-20-10-8-12(19)29-18(10)30(26,27)22-16/h3-4,7-9,24H,5-6H2,1-2H3,(H,20,22). The van der Waals surface area contributed by atoms with Gasteiger partial charge in [0.15, 0.2) is 15.8 Å². The van der Waals surface area contributed by atoms with Crippen molar-refractivity contribution in [2.24, 2.45) is 10.3 Å². The summed E-state index contributed by atoms with van der Waals surface area (Å²) in [6.07, 6.45) is 0.684. The van der Waals surface area contributed by atoms with Gasteiger partial charge in [-0.1, -0.05) is 31.5 Å². The van der Waals surface area contributed by atoms with Crippen LogP contribution < -0.4 is 10.9 Å². The Morgan fingerprint density at radius 1 is 1.37 bits per heavy atom. The summed E-state index contributed by atoms with van der Waals surface area (Å²) in [5.41, 5.74) is -0.454. The van der Waals surface area contributed by atoms with E-state index < -0.39 is 21.3 Å². The monoisotopic (exact) mass is 484 g/mol. The minimum absolute atomic E-state index is 0.0385. The smallest absolute Gasteiger partial charge is 0.295 e. The number of amidine groups is 1. The zero-order chi connectivity index (χ0) is 21.6. The highest BCUT2D eigenvalue weighted by atomic mass is 35.5. The van der Waals surface area contributed by atoms with E-state index in [-0.39, 0.29) is 31.3 Å². The van der Waals surface area contributed by atoms with Gasteiger partial charge in [-0.15, -0.1) is 27.1 Å². The van der Waals surface area contributed by atoms with Gasteiger partial charge < -0.3 is 10.4 Å². The third-order valence-corrected chi connectivity index (χ3v) is 8.34. The van der Waals surface area contributed by atoms with Gasteiger partial charge in [-0.25, -0.2) is 4.68 Å². The van der Waals surface area contributed by atoms with Crippen molar-refractivity contribution in [3.05, 3.63) is 43.8 Å². The Bertz CT molecular complexity index is 1310. The van der Waals surface area contributed by atoms with Crippen molar-refractivity contribution in [1.82, 2.24) is 9.78 Å². The largest absolute Gasteiger partial charge is 0.505 e. The van der Waals surface area contributed by atoms with Crippen LogP contribution in [0.4, 0.5) is 5.69 Å². The molecule has 0 saturated carbocycles. The molecule has 158 valence electrons. The second kappa shape index (κ2) is 7.80. The van der Waals surface area contributed by atoms with Crippen LogP contribution in [0.1, 0.15) is 25.8 Å². The number of thiophene rings is 2. The number of nitrogens with one attached hydrogen (secondary N) is 1. The molecule has 3 aromatic heterocycles. The molecule has 3 aromatic rings. The number of aryl methyl sites for hydroxylation is 1. The predicted octanol–water partition coefficient (Wildman–Crippen LogP) is 4.00. The van der Waals surface area contributed by atoms with Crippen LogP contribution in [0.3, 0.4) is 0 Å². The van der Waals surface area contributed by atoms with Crippen LogP contribution in [0.2, 0.25) is 4.34 Å². The molecular weight excluding hydrogens is 468 g/mol. The van der Waals surface area contributed by atoms with E-state index in [1.807, 2.05) is 19.2 Å². The predicted molar refractivity (Wildman–Crippen MR) is 120 cm³/mol. The highest BCUT2D eigenvalue weighted by Gasteiger charge is 2.32. The summed E-state index contributed by atoms with van der Waals surface area (Å²) in [6, 6.07) is 5.01. The number of rotatable bonds is 5. The molecule has 8 nitrogen and oxygen atoms in total. The van der Waals surface area contributed by atoms with E-state index in [4.69, 9.17) is 11.6 Å². The molecule has 0 unspecified atom stereocenters. The first-order chi connectivity index (χ1) is 14.2. The Labute approximate surface area is 185 Å². The zero-order valence-electron chi connectivity index (χ0n) is 15.9. The van der Waals surface area contributed by atoms with Crippen molar-refractivity contribution >= 4 is 55.8 Å².